The number of pyridine rings is 1. The van der Waals surface area contributed by atoms with Gasteiger partial charge in [-0.1, -0.05) is 6.07 Å². The molecule has 0 atom stereocenters. The van der Waals surface area contributed by atoms with Gasteiger partial charge in [0.25, 0.3) is 5.91 Å². The van der Waals surface area contributed by atoms with Crippen molar-refractivity contribution in [3.8, 4) is 11.5 Å². The lowest BCUT2D eigenvalue weighted by atomic mass is 10.1. The SMILES string of the molecule is CN(C)c1ncccc1C(=O)N1CCN(Cc2ccc3c(c2)OCO3)CC1. The topological polar surface area (TPSA) is 58.1 Å². The van der Waals surface area contributed by atoms with Gasteiger partial charge in [-0.05, 0) is 29.8 Å². The van der Waals surface area contributed by atoms with E-state index >= 15 is 0 Å². The van der Waals surface area contributed by atoms with Crippen LogP contribution in [0.2, 0.25) is 0 Å². The molecule has 0 saturated carbocycles. The molecule has 0 spiro atoms. The Kier molecular flexibility index (Phi) is 4.85. The van der Waals surface area contributed by atoms with Crippen molar-refractivity contribution in [2.75, 3.05) is 52.0 Å². The summed E-state index contributed by atoms with van der Waals surface area (Å²) >= 11 is 0. The molecule has 1 aromatic carbocycles. The molecule has 2 aliphatic rings. The lowest BCUT2D eigenvalue weighted by molar-refractivity contribution is 0.0628. The zero-order chi connectivity index (χ0) is 18.8. The van der Waals surface area contributed by atoms with Crippen LogP contribution in [-0.4, -0.2) is 67.8 Å². The van der Waals surface area contributed by atoms with E-state index < -0.39 is 0 Å². The number of rotatable bonds is 4. The van der Waals surface area contributed by atoms with Crippen LogP contribution in [0.4, 0.5) is 5.82 Å². The van der Waals surface area contributed by atoms with Crippen molar-refractivity contribution in [3.63, 3.8) is 0 Å². The number of hydrogen-bond acceptors (Lipinski definition) is 6. The highest BCUT2D eigenvalue weighted by Gasteiger charge is 2.25. The fraction of sp³-hybridized carbons (Fsp3) is 0.400. The lowest BCUT2D eigenvalue weighted by Gasteiger charge is -2.35. The highest BCUT2D eigenvalue weighted by atomic mass is 16.7. The minimum absolute atomic E-state index is 0.0505. The molecule has 0 bridgehead atoms. The number of ether oxygens (including phenoxy) is 2. The smallest absolute Gasteiger partial charge is 0.257 e. The van der Waals surface area contributed by atoms with Gasteiger partial charge in [-0.2, -0.15) is 0 Å². The van der Waals surface area contributed by atoms with Crippen LogP contribution in [0.3, 0.4) is 0 Å². The third-order valence-electron chi connectivity index (χ3n) is 4.94. The predicted octanol–water partition coefficient (Wildman–Crippen LogP) is 1.83. The van der Waals surface area contributed by atoms with Gasteiger partial charge in [0.1, 0.15) is 5.82 Å². The lowest BCUT2D eigenvalue weighted by Crippen LogP contribution is -2.48. The summed E-state index contributed by atoms with van der Waals surface area (Å²) in [5.41, 5.74) is 1.85. The Morgan fingerprint density at radius 2 is 1.89 bits per heavy atom. The number of benzene rings is 1. The number of amides is 1. The Morgan fingerprint density at radius 3 is 2.67 bits per heavy atom. The number of aromatic nitrogens is 1. The van der Waals surface area contributed by atoms with E-state index in [1.807, 2.05) is 48.2 Å². The molecule has 0 radical (unpaired) electrons. The predicted molar refractivity (Wildman–Crippen MR) is 102 cm³/mol. The Balaban J connectivity index is 1.37. The molecule has 7 heteroatoms. The van der Waals surface area contributed by atoms with Crippen LogP contribution < -0.4 is 14.4 Å². The van der Waals surface area contributed by atoms with E-state index in [9.17, 15) is 4.79 Å². The Hall–Kier alpha value is -2.80. The van der Waals surface area contributed by atoms with Crippen molar-refractivity contribution in [2.45, 2.75) is 6.54 Å². The molecule has 142 valence electrons. The Bertz CT molecular complexity index is 832. The van der Waals surface area contributed by atoms with Crippen LogP contribution in [0.15, 0.2) is 36.5 Å². The minimum atomic E-state index is 0.0505. The van der Waals surface area contributed by atoms with Crippen LogP contribution in [0, 0.1) is 0 Å². The maximum atomic E-state index is 12.9. The molecule has 1 saturated heterocycles. The first kappa shape index (κ1) is 17.6. The molecular formula is C20H24N4O3. The first-order valence-corrected chi connectivity index (χ1v) is 9.14. The third kappa shape index (κ3) is 3.68. The molecule has 7 nitrogen and oxygen atoms in total. The molecule has 3 heterocycles. The first-order valence-electron chi connectivity index (χ1n) is 9.14. The molecule has 27 heavy (non-hydrogen) atoms. The van der Waals surface area contributed by atoms with Gasteiger partial charge in [0.05, 0.1) is 5.56 Å². The average molecular weight is 368 g/mol. The fourth-order valence-corrected chi connectivity index (χ4v) is 3.50. The van der Waals surface area contributed by atoms with Gasteiger partial charge in [0.2, 0.25) is 6.79 Å². The van der Waals surface area contributed by atoms with Gasteiger partial charge in [-0.3, -0.25) is 9.69 Å². The summed E-state index contributed by atoms with van der Waals surface area (Å²) in [5.74, 6) is 2.39. The van der Waals surface area contributed by atoms with Gasteiger partial charge >= 0.3 is 0 Å². The number of carbonyl (C=O) groups is 1. The van der Waals surface area contributed by atoms with Crippen molar-refractivity contribution in [1.82, 2.24) is 14.8 Å². The summed E-state index contributed by atoms with van der Waals surface area (Å²) in [5, 5.41) is 0. The van der Waals surface area contributed by atoms with Crippen LogP contribution in [0.25, 0.3) is 0 Å². The summed E-state index contributed by atoms with van der Waals surface area (Å²) in [6, 6.07) is 9.74. The number of nitrogens with zero attached hydrogens (tertiary/aromatic N) is 4. The third-order valence-corrected chi connectivity index (χ3v) is 4.94. The van der Waals surface area contributed by atoms with Gasteiger partial charge in [-0.15, -0.1) is 0 Å². The van der Waals surface area contributed by atoms with E-state index in [4.69, 9.17) is 9.47 Å². The van der Waals surface area contributed by atoms with Crippen LogP contribution in [0.5, 0.6) is 11.5 Å². The van der Waals surface area contributed by atoms with Gasteiger partial charge < -0.3 is 19.3 Å². The van der Waals surface area contributed by atoms with Gasteiger partial charge in [0.15, 0.2) is 11.5 Å². The van der Waals surface area contributed by atoms with Crippen molar-refractivity contribution in [2.24, 2.45) is 0 Å². The number of carbonyl (C=O) groups excluding carboxylic acids is 1. The highest BCUT2D eigenvalue weighted by Crippen LogP contribution is 2.32. The maximum Gasteiger partial charge on any atom is 0.257 e. The summed E-state index contributed by atoms with van der Waals surface area (Å²) in [6.07, 6.45) is 1.72. The zero-order valence-corrected chi connectivity index (χ0v) is 15.7. The van der Waals surface area contributed by atoms with Gasteiger partial charge in [-0.25, -0.2) is 4.98 Å². The molecule has 0 unspecified atom stereocenters. The standard InChI is InChI=1S/C20H24N4O3/c1-22(2)19-16(4-3-7-21-19)20(25)24-10-8-23(9-11-24)13-15-5-6-17-18(12-15)27-14-26-17/h3-7,12H,8-11,13-14H2,1-2H3. The second-order valence-corrected chi connectivity index (χ2v) is 7.02. The number of fused-ring (bicyclic) bond motifs is 1. The van der Waals surface area contributed by atoms with E-state index in [0.717, 1.165) is 31.1 Å². The second kappa shape index (κ2) is 7.44. The number of anilines is 1. The average Bonchev–Trinajstić information content (AvgIpc) is 3.16. The summed E-state index contributed by atoms with van der Waals surface area (Å²) in [7, 11) is 3.81. The molecule has 1 amide bonds. The van der Waals surface area contributed by atoms with Crippen LogP contribution >= 0.6 is 0 Å². The van der Waals surface area contributed by atoms with E-state index in [1.54, 1.807) is 6.20 Å². The number of piperazine rings is 1. The van der Waals surface area contributed by atoms with Gasteiger partial charge in [0, 0.05) is 53.0 Å². The van der Waals surface area contributed by atoms with Crippen molar-refractivity contribution < 1.29 is 14.3 Å². The molecule has 4 rings (SSSR count). The largest absolute Gasteiger partial charge is 0.454 e. The van der Waals surface area contributed by atoms with Crippen molar-refractivity contribution >= 4 is 11.7 Å². The molecule has 2 aromatic rings. The molecule has 1 fully saturated rings. The van der Waals surface area contributed by atoms with E-state index in [2.05, 4.69) is 16.0 Å². The molecule has 0 aliphatic carbocycles. The normalized spacial score (nSPS) is 16.4. The molecule has 0 N–H and O–H groups in total. The molecule has 1 aromatic heterocycles. The summed E-state index contributed by atoms with van der Waals surface area (Å²) < 4.78 is 10.8. The quantitative estimate of drug-likeness (QED) is 0.821. The Morgan fingerprint density at radius 1 is 1.11 bits per heavy atom. The summed E-state index contributed by atoms with van der Waals surface area (Å²) in [4.78, 5) is 23.4. The first-order chi connectivity index (χ1) is 13.1. The second-order valence-electron chi connectivity index (χ2n) is 7.02. The van der Waals surface area contributed by atoms with Crippen molar-refractivity contribution in [1.29, 1.82) is 0 Å². The van der Waals surface area contributed by atoms with Crippen LogP contribution in [0.1, 0.15) is 15.9 Å². The molecular weight excluding hydrogens is 344 g/mol. The minimum Gasteiger partial charge on any atom is -0.454 e. The van der Waals surface area contributed by atoms with Crippen LogP contribution in [-0.2, 0) is 6.54 Å². The Labute approximate surface area is 159 Å². The van der Waals surface area contributed by atoms with Crippen molar-refractivity contribution in [3.05, 3.63) is 47.7 Å². The monoisotopic (exact) mass is 368 g/mol. The molecule has 2 aliphatic heterocycles. The van der Waals surface area contributed by atoms with E-state index in [1.165, 1.54) is 5.56 Å². The summed E-state index contributed by atoms with van der Waals surface area (Å²) in [6.45, 7) is 4.25. The highest BCUT2D eigenvalue weighted by molar-refractivity contribution is 5.98. The fourth-order valence-electron chi connectivity index (χ4n) is 3.50. The van der Waals surface area contributed by atoms with E-state index in [0.29, 0.717) is 31.3 Å². The number of hydrogen-bond donors (Lipinski definition) is 0. The van der Waals surface area contributed by atoms with E-state index in [-0.39, 0.29) is 5.91 Å². The zero-order valence-electron chi connectivity index (χ0n) is 15.7. The maximum absolute atomic E-state index is 12.9.